The number of hydrazone groups is 1. The maximum Gasteiger partial charge on any atom is 0.286 e. The highest BCUT2D eigenvalue weighted by atomic mass is 32.2. The van der Waals surface area contributed by atoms with Crippen molar-refractivity contribution in [1.82, 2.24) is 5.01 Å². The van der Waals surface area contributed by atoms with Crippen LogP contribution >= 0.6 is 24.0 Å². The molecule has 1 aliphatic rings. The highest BCUT2D eigenvalue weighted by molar-refractivity contribution is 8.26. The van der Waals surface area contributed by atoms with Gasteiger partial charge in [0.2, 0.25) is 0 Å². The van der Waals surface area contributed by atoms with Crippen molar-refractivity contribution in [3.8, 4) is 17.2 Å². The van der Waals surface area contributed by atoms with Crippen LogP contribution in [0.2, 0.25) is 0 Å². The zero-order valence-corrected chi connectivity index (χ0v) is 14.3. The third-order valence-corrected chi connectivity index (χ3v) is 4.57. The van der Waals surface area contributed by atoms with Crippen LogP contribution in [0, 0.1) is 0 Å². The van der Waals surface area contributed by atoms with Gasteiger partial charge < -0.3 is 15.3 Å². The van der Waals surface area contributed by atoms with Gasteiger partial charge in [0.1, 0.15) is 5.75 Å². The molecule has 0 atom stereocenters. The number of nitrogens with zero attached hydrogens (tertiary/aromatic N) is 2. The Morgan fingerprint density at radius 1 is 1.00 bits per heavy atom. The topological polar surface area (TPSA) is 93.4 Å². The van der Waals surface area contributed by atoms with E-state index < -0.39 is 0 Å². The maximum atomic E-state index is 12.4. The van der Waals surface area contributed by atoms with Crippen molar-refractivity contribution in [1.29, 1.82) is 0 Å². The number of amides is 1. The fraction of sp³-hybridized carbons (Fsp3) is 0. The molecule has 0 unspecified atom stereocenters. The number of thioether (sulfide) groups is 1. The monoisotopic (exact) mass is 372 g/mol. The SMILES string of the molecule is O=C1/C(=C\c2ccc(O)cc2)SC(=S)N1/N=C/c1ccc(O)c(O)c1. The number of carbonyl (C=O) groups is 1. The first-order valence-corrected chi connectivity index (χ1v) is 8.29. The van der Waals surface area contributed by atoms with E-state index >= 15 is 0 Å². The first-order valence-electron chi connectivity index (χ1n) is 7.07. The Morgan fingerprint density at radius 2 is 1.68 bits per heavy atom. The van der Waals surface area contributed by atoms with Gasteiger partial charge in [-0.05, 0) is 59.8 Å². The van der Waals surface area contributed by atoms with E-state index in [2.05, 4.69) is 5.10 Å². The van der Waals surface area contributed by atoms with E-state index in [1.54, 1.807) is 24.3 Å². The molecule has 8 heteroatoms. The number of thiocarbonyl (C=S) groups is 1. The first-order chi connectivity index (χ1) is 11.9. The Labute approximate surface area is 152 Å². The number of hydrogen-bond acceptors (Lipinski definition) is 7. The summed E-state index contributed by atoms with van der Waals surface area (Å²) in [5.74, 6) is -0.727. The number of aromatic hydroxyl groups is 3. The summed E-state index contributed by atoms with van der Waals surface area (Å²) >= 11 is 6.30. The summed E-state index contributed by atoms with van der Waals surface area (Å²) in [6.45, 7) is 0. The van der Waals surface area contributed by atoms with Crippen LogP contribution in [0.15, 0.2) is 52.5 Å². The van der Waals surface area contributed by atoms with E-state index in [4.69, 9.17) is 12.2 Å². The van der Waals surface area contributed by atoms with Crippen molar-refractivity contribution in [3.63, 3.8) is 0 Å². The smallest absolute Gasteiger partial charge is 0.286 e. The Morgan fingerprint density at radius 3 is 2.36 bits per heavy atom. The molecule has 25 heavy (non-hydrogen) atoms. The quantitative estimate of drug-likeness (QED) is 0.332. The van der Waals surface area contributed by atoms with Gasteiger partial charge >= 0.3 is 0 Å². The summed E-state index contributed by atoms with van der Waals surface area (Å²) in [6, 6.07) is 10.6. The molecule has 3 rings (SSSR count). The third-order valence-electron chi connectivity index (χ3n) is 3.29. The van der Waals surface area contributed by atoms with Crippen molar-refractivity contribution in [2.24, 2.45) is 5.10 Å². The lowest BCUT2D eigenvalue weighted by molar-refractivity contribution is -0.122. The van der Waals surface area contributed by atoms with Gasteiger partial charge in [0, 0.05) is 0 Å². The van der Waals surface area contributed by atoms with Crippen LogP contribution in [0.3, 0.4) is 0 Å². The average Bonchev–Trinajstić information content (AvgIpc) is 2.84. The van der Waals surface area contributed by atoms with E-state index in [1.165, 1.54) is 30.5 Å². The highest BCUT2D eigenvalue weighted by Gasteiger charge is 2.32. The molecule has 1 fully saturated rings. The lowest BCUT2D eigenvalue weighted by Gasteiger charge is -2.06. The van der Waals surface area contributed by atoms with Gasteiger partial charge in [0.15, 0.2) is 15.8 Å². The predicted molar refractivity (Wildman–Crippen MR) is 100 cm³/mol. The van der Waals surface area contributed by atoms with Crippen LogP contribution in [0.25, 0.3) is 6.08 Å². The van der Waals surface area contributed by atoms with Crippen molar-refractivity contribution in [2.75, 3.05) is 0 Å². The van der Waals surface area contributed by atoms with Gasteiger partial charge in [-0.15, -0.1) is 0 Å². The minimum absolute atomic E-state index is 0.145. The molecule has 0 aliphatic carbocycles. The van der Waals surface area contributed by atoms with Gasteiger partial charge in [-0.1, -0.05) is 23.9 Å². The molecule has 126 valence electrons. The van der Waals surface area contributed by atoms with Crippen LogP contribution in [-0.4, -0.2) is 36.8 Å². The molecule has 0 saturated carbocycles. The third kappa shape index (κ3) is 3.81. The molecule has 1 aliphatic heterocycles. The summed E-state index contributed by atoms with van der Waals surface area (Å²) in [5.41, 5.74) is 1.26. The predicted octanol–water partition coefficient (Wildman–Crippen LogP) is 3.04. The Bertz CT molecular complexity index is 907. The number of carbonyl (C=O) groups excluding carboxylic acids is 1. The molecule has 0 aromatic heterocycles. The standard InChI is InChI=1S/C17H12N2O4S2/c20-12-4-1-10(2-5-12)8-15-16(23)19(17(24)25-15)18-9-11-3-6-13(21)14(22)7-11/h1-9,20-22H/b15-8+,18-9+. The second-order valence-corrected chi connectivity index (χ2v) is 6.75. The maximum absolute atomic E-state index is 12.4. The molecule has 0 bridgehead atoms. The van der Waals surface area contributed by atoms with Gasteiger partial charge in [-0.2, -0.15) is 10.1 Å². The molecule has 1 heterocycles. The molecule has 0 spiro atoms. The number of phenolic OH excluding ortho intramolecular Hbond substituents is 3. The molecule has 2 aromatic rings. The van der Waals surface area contributed by atoms with Crippen LogP contribution in [-0.2, 0) is 4.79 Å². The van der Waals surface area contributed by atoms with Crippen molar-refractivity contribution >= 4 is 46.5 Å². The van der Waals surface area contributed by atoms with Crippen LogP contribution in [0.1, 0.15) is 11.1 Å². The first kappa shape index (κ1) is 17.0. The minimum atomic E-state index is -0.359. The van der Waals surface area contributed by atoms with Crippen molar-refractivity contribution < 1.29 is 20.1 Å². The summed E-state index contributed by atoms with van der Waals surface area (Å²) in [7, 11) is 0. The van der Waals surface area contributed by atoms with Crippen LogP contribution in [0.4, 0.5) is 0 Å². The van der Waals surface area contributed by atoms with E-state index in [-0.39, 0.29) is 27.5 Å². The van der Waals surface area contributed by atoms with Gasteiger partial charge in [-0.3, -0.25) is 4.79 Å². The molecule has 0 radical (unpaired) electrons. The number of phenols is 3. The lowest BCUT2D eigenvalue weighted by atomic mass is 10.2. The number of benzene rings is 2. The van der Waals surface area contributed by atoms with E-state index in [0.29, 0.717) is 10.5 Å². The number of rotatable bonds is 3. The molecule has 1 amide bonds. The molecule has 1 saturated heterocycles. The van der Waals surface area contributed by atoms with Crippen molar-refractivity contribution in [2.45, 2.75) is 0 Å². The van der Waals surface area contributed by atoms with Gasteiger partial charge in [0.25, 0.3) is 5.91 Å². The van der Waals surface area contributed by atoms with Crippen LogP contribution in [0.5, 0.6) is 17.2 Å². The zero-order valence-electron chi connectivity index (χ0n) is 12.7. The Balaban J connectivity index is 1.80. The van der Waals surface area contributed by atoms with Crippen molar-refractivity contribution in [3.05, 3.63) is 58.5 Å². The van der Waals surface area contributed by atoms with Gasteiger partial charge in [-0.25, -0.2) is 0 Å². The van der Waals surface area contributed by atoms with E-state index in [9.17, 15) is 20.1 Å². The largest absolute Gasteiger partial charge is 0.508 e. The second kappa shape index (κ2) is 6.96. The summed E-state index contributed by atoms with van der Waals surface area (Å²) in [5, 5.41) is 33.2. The molecular formula is C17H12N2O4S2. The minimum Gasteiger partial charge on any atom is -0.508 e. The molecular weight excluding hydrogens is 360 g/mol. The lowest BCUT2D eigenvalue weighted by Crippen LogP contribution is -2.22. The van der Waals surface area contributed by atoms with Gasteiger partial charge in [0.05, 0.1) is 11.1 Å². The average molecular weight is 372 g/mol. The zero-order chi connectivity index (χ0) is 18.0. The summed E-state index contributed by atoms with van der Waals surface area (Å²) in [6.07, 6.45) is 3.04. The Kier molecular flexibility index (Phi) is 4.73. The Hall–Kier alpha value is -2.84. The van der Waals surface area contributed by atoms with E-state index in [0.717, 1.165) is 22.3 Å². The second-order valence-electron chi connectivity index (χ2n) is 5.08. The summed E-state index contributed by atoms with van der Waals surface area (Å²) < 4.78 is 0.286. The number of hydrogen-bond donors (Lipinski definition) is 3. The van der Waals surface area contributed by atoms with Crippen LogP contribution < -0.4 is 0 Å². The molecule has 2 aromatic carbocycles. The molecule has 6 nitrogen and oxygen atoms in total. The van der Waals surface area contributed by atoms with E-state index in [1.807, 2.05) is 0 Å². The normalized spacial score (nSPS) is 16.3. The fourth-order valence-corrected chi connectivity index (χ4v) is 3.20. The fourth-order valence-electron chi connectivity index (χ4n) is 2.03. The summed E-state index contributed by atoms with van der Waals surface area (Å²) in [4.78, 5) is 12.8. The molecule has 3 N–H and O–H groups in total. The highest BCUT2D eigenvalue weighted by Crippen LogP contribution is 2.33.